The van der Waals surface area contributed by atoms with Crippen LogP contribution < -0.4 is 10.2 Å². The van der Waals surface area contributed by atoms with Gasteiger partial charge in [0.1, 0.15) is 6.54 Å². The van der Waals surface area contributed by atoms with E-state index in [9.17, 15) is 9.59 Å². The minimum absolute atomic E-state index is 0.0480. The van der Waals surface area contributed by atoms with Crippen LogP contribution >= 0.6 is 23.4 Å². The summed E-state index contributed by atoms with van der Waals surface area (Å²) >= 11 is 7.46. The van der Waals surface area contributed by atoms with Gasteiger partial charge in [-0.2, -0.15) is 0 Å². The number of nitrogens with zero attached hydrogens (tertiary/aromatic N) is 2. The van der Waals surface area contributed by atoms with Gasteiger partial charge < -0.3 is 5.32 Å². The molecular weight excluding hydrogens is 370 g/mol. The first kappa shape index (κ1) is 20.8. The number of benzene rings is 1. The number of thioether (sulfide) groups is 1. The van der Waals surface area contributed by atoms with Crippen LogP contribution in [0.1, 0.15) is 40.0 Å². The number of amidine groups is 1. The van der Waals surface area contributed by atoms with Crippen molar-refractivity contribution in [3.8, 4) is 0 Å². The molecule has 0 saturated heterocycles. The van der Waals surface area contributed by atoms with Crippen molar-refractivity contribution in [2.45, 2.75) is 46.1 Å². The topological polar surface area (TPSA) is 61.8 Å². The number of halogens is 1. The molecule has 1 atom stereocenters. The van der Waals surface area contributed by atoms with E-state index in [0.717, 1.165) is 12.8 Å². The maximum atomic E-state index is 12.2. The first-order valence-electron chi connectivity index (χ1n) is 8.92. The molecule has 0 saturated carbocycles. The van der Waals surface area contributed by atoms with Crippen molar-refractivity contribution in [2.75, 3.05) is 17.2 Å². The molecule has 5 nitrogen and oxygen atoms in total. The van der Waals surface area contributed by atoms with Gasteiger partial charge in [0, 0.05) is 6.04 Å². The normalized spacial score (nSPS) is 15.3. The second-order valence-corrected chi connectivity index (χ2v) is 8.21. The maximum absolute atomic E-state index is 12.2. The lowest BCUT2D eigenvalue weighted by Crippen LogP contribution is -2.36. The number of carbonyl (C=O) groups excluding carboxylic acids is 2. The van der Waals surface area contributed by atoms with Crippen molar-refractivity contribution >= 4 is 46.0 Å². The highest BCUT2D eigenvalue weighted by Crippen LogP contribution is 2.30. The molecule has 2 amide bonds. The van der Waals surface area contributed by atoms with Gasteiger partial charge in [0.05, 0.1) is 16.5 Å². The first-order chi connectivity index (χ1) is 12.4. The quantitative estimate of drug-likeness (QED) is 0.720. The summed E-state index contributed by atoms with van der Waals surface area (Å²) in [7, 11) is 0. The van der Waals surface area contributed by atoms with E-state index < -0.39 is 0 Å². The second-order valence-electron chi connectivity index (χ2n) is 6.86. The Morgan fingerprint density at radius 3 is 2.73 bits per heavy atom. The standard InChI is InChI=1S/C19H26ClN3O2S/c1-13(2)7-6-8-14(3)22-17(24)12-26-19-21-11-18(25)23(19)16-10-5-4-9-15(16)20/h4-5,9-10,13-14H,6-8,11-12H2,1-3H3,(H,22,24)/t14-/m1/s1. The molecule has 2 rings (SSSR count). The fraction of sp³-hybridized carbons (Fsp3) is 0.526. The van der Waals surface area contributed by atoms with Crippen LogP contribution in [0.2, 0.25) is 5.02 Å². The molecule has 0 spiro atoms. The number of nitrogens with one attached hydrogen (secondary N) is 1. The van der Waals surface area contributed by atoms with Crippen LogP contribution in [0.15, 0.2) is 29.3 Å². The third-order valence-corrected chi connectivity index (χ3v) is 5.34. The Bertz CT molecular complexity index is 679. The molecule has 26 heavy (non-hydrogen) atoms. The zero-order valence-electron chi connectivity index (χ0n) is 15.5. The summed E-state index contributed by atoms with van der Waals surface area (Å²) in [4.78, 5) is 30.1. The monoisotopic (exact) mass is 395 g/mol. The van der Waals surface area contributed by atoms with Gasteiger partial charge in [-0.15, -0.1) is 0 Å². The number of carbonyl (C=O) groups is 2. The predicted octanol–water partition coefficient (Wildman–Crippen LogP) is 4.11. The van der Waals surface area contributed by atoms with Crippen LogP contribution in [-0.2, 0) is 9.59 Å². The van der Waals surface area contributed by atoms with Crippen molar-refractivity contribution < 1.29 is 9.59 Å². The zero-order valence-corrected chi connectivity index (χ0v) is 17.1. The molecular formula is C19H26ClN3O2S. The van der Waals surface area contributed by atoms with Gasteiger partial charge in [0.25, 0.3) is 5.91 Å². The van der Waals surface area contributed by atoms with E-state index >= 15 is 0 Å². The number of anilines is 1. The predicted molar refractivity (Wildman–Crippen MR) is 110 cm³/mol. The van der Waals surface area contributed by atoms with E-state index in [1.807, 2.05) is 19.1 Å². The minimum atomic E-state index is -0.136. The van der Waals surface area contributed by atoms with Crippen molar-refractivity contribution in [2.24, 2.45) is 10.9 Å². The van der Waals surface area contributed by atoms with E-state index in [2.05, 4.69) is 24.2 Å². The van der Waals surface area contributed by atoms with E-state index in [-0.39, 0.29) is 30.2 Å². The Morgan fingerprint density at radius 1 is 1.31 bits per heavy atom. The summed E-state index contributed by atoms with van der Waals surface area (Å²) in [6, 6.07) is 7.29. The summed E-state index contributed by atoms with van der Waals surface area (Å²) in [6.45, 7) is 6.51. The molecule has 1 heterocycles. The average Bonchev–Trinajstić information content (AvgIpc) is 2.93. The SMILES string of the molecule is CC(C)CCC[C@@H](C)NC(=O)CSC1=NCC(=O)N1c1ccccc1Cl. The molecule has 0 radical (unpaired) electrons. The summed E-state index contributed by atoms with van der Waals surface area (Å²) < 4.78 is 0. The Balaban J connectivity index is 1.85. The number of hydrogen-bond donors (Lipinski definition) is 1. The average molecular weight is 396 g/mol. The van der Waals surface area contributed by atoms with Gasteiger partial charge in [-0.1, -0.05) is 62.2 Å². The number of amides is 2. The summed E-state index contributed by atoms with van der Waals surface area (Å²) in [5.41, 5.74) is 0.602. The van der Waals surface area contributed by atoms with Crippen molar-refractivity contribution in [3.05, 3.63) is 29.3 Å². The third-order valence-electron chi connectivity index (χ3n) is 4.04. The Kier molecular flexibility index (Phi) is 7.97. The van der Waals surface area contributed by atoms with Gasteiger partial charge in [0.15, 0.2) is 5.17 Å². The van der Waals surface area contributed by atoms with Gasteiger partial charge in [-0.25, -0.2) is 0 Å². The molecule has 1 aromatic carbocycles. The highest BCUT2D eigenvalue weighted by Gasteiger charge is 2.29. The van der Waals surface area contributed by atoms with Crippen LogP contribution in [0, 0.1) is 5.92 Å². The fourth-order valence-corrected chi connectivity index (χ4v) is 3.76. The van der Waals surface area contributed by atoms with Crippen LogP contribution in [-0.4, -0.2) is 35.3 Å². The largest absolute Gasteiger partial charge is 0.353 e. The summed E-state index contributed by atoms with van der Waals surface area (Å²) in [6.07, 6.45) is 3.24. The number of para-hydroxylation sites is 1. The van der Waals surface area contributed by atoms with Gasteiger partial charge >= 0.3 is 0 Å². The Morgan fingerprint density at radius 2 is 2.04 bits per heavy atom. The number of rotatable bonds is 8. The molecule has 1 aliphatic heterocycles. The molecule has 1 aliphatic rings. The fourth-order valence-electron chi connectivity index (χ4n) is 2.72. The molecule has 0 bridgehead atoms. The molecule has 0 aliphatic carbocycles. The van der Waals surface area contributed by atoms with Crippen LogP contribution in [0.3, 0.4) is 0 Å². The zero-order chi connectivity index (χ0) is 19.1. The molecule has 0 fully saturated rings. The van der Waals surface area contributed by atoms with Gasteiger partial charge in [-0.05, 0) is 31.4 Å². The van der Waals surface area contributed by atoms with Gasteiger partial charge in [-0.3, -0.25) is 19.5 Å². The minimum Gasteiger partial charge on any atom is -0.353 e. The van der Waals surface area contributed by atoms with E-state index in [1.165, 1.54) is 23.1 Å². The van der Waals surface area contributed by atoms with Crippen LogP contribution in [0.4, 0.5) is 5.69 Å². The molecule has 142 valence electrons. The highest BCUT2D eigenvalue weighted by molar-refractivity contribution is 8.14. The summed E-state index contributed by atoms with van der Waals surface area (Å²) in [5.74, 6) is 0.722. The van der Waals surface area contributed by atoms with Crippen molar-refractivity contribution in [1.29, 1.82) is 0 Å². The second kappa shape index (κ2) is 9.97. The maximum Gasteiger partial charge on any atom is 0.254 e. The smallest absolute Gasteiger partial charge is 0.254 e. The Hall–Kier alpha value is -1.53. The number of hydrogen-bond acceptors (Lipinski definition) is 4. The Labute approximate surface area is 164 Å². The van der Waals surface area contributed by atoms with Crippen LogP contribution in [0.5, 0.6) is 0 Å². The van der Waals surface area contributed by atoms with E-state index in [0.29, 0.717) is 21.8 Å². The lowest BCUT2D eigenvalue weighted by atomic mass is 10.0. The third kappa shape index (κ3) is 6.02. The highest BCUT2D eigenvalue weighted by atomic mass is 35.5. The molecule has 7 heteroatoms. The molecule has 1 N–H and O–H groups in total. The van der Waals surface area contributed by atoms with Gasteiger partial charge in [0.2, 0.25) is 5.91 Å². The van der Waals surface area contributed by atoms with E-state index in [4.69, 9.17) is 11.6 Å². The number of aliphatic imine (C=N–C) groups is 1. The lowest BCUT2D eigenvalue weighted by molar-refractivity contribution is -0.119. The summed E-state index contributed by atoms with van der Waals surface area (Å²) in [5, 5.41) is 4.02. The van der Waals surface area contributed by atoms with Crippen LogP contribution in [0.25, 0.3) is 0 Å². The van der Waals surface area contributed by atoms with E-state index in [1.54, 1.807) is 12.1 Å². The van der Waals surface area contributed by atoms with Crippen molar-refractivity contribution in [3.63, 3.8) is 0 Å². The molecule has 0 unspecified atom stereocenters. The molecule has 0 aromatic heterocycles. The lowest BCUT2D eigenvalue weighted by Gasteiger charge is -2.19. The van der Waals surface area contributed by atoms with Crippen molar-refractivity contribution in [1.82, 2.24) is 5.32 Å². The first-order valence-corrected chi connectivity index (χ1v) is 10.3. The molecule has 1 aromatic rings.